The van der Waals surface area contributed by atoms with E-state index in [2.05, 4.69) is 12.1 Å². The van der Waals surface area contributed by atoms with E-state index in [1.807, 2.05) is 0 Å². The molecule has 1 aromatic rings. The summed E-state index contributed by atoms with van der Waals surface area (Å²) in [6, 6.07) is 4.47. The maximum atomic E-state index is 6.45. The molecule has 0 N–H and O–H groups in total. The van der Waals surface area contributed by atoms with Gasteiger partial charge in [-0.05, 0) is 54.4 Å². The zero-order chi connectivity index (χ0) is 11.8. The minimum Gasteiger partial charge on any atom is -0.118 e. The van der Waals surface area contributed by atoms with Gasteiger partial charge in [-0.2, -0.15) is 0 Å². The van der Waals surface area contributed by atoms with Gasteiger partial charge in [-0.25, -0.2) is 0 Å². The molecule has 92 valence electrons. The Morgan fingerprint density at radius 1 is 0.941 bits per heavy atom. The molecule has 0 amide bonds. The first-order chi connectivity index (χ1) is 8.25. The van der Waals surface area contributed by atoms with Crippen molar-refractivity contribution in [3.8, 4) is 0 Å². The number of hydrogen-bond donors (Lipinski definition) is 0. The molecule has 2 aliphatic rings. The summed E-state index contributed by atoms with van der Waals surface area (Å²) in [5.41, 5.74) is 4.10. The Morgan fingerprint density at radius 3 is 2.47 bits per heavy atom. The Hall–Kier alpha value is -0.200. The first-order valence-corrected chi connectivity index (χ1v) is 7.53. The van der Waals surface area contributed by atoms with Crippen molar-refractivity contribution in [3.63, 3.8) is 0 Å². The Morgan fingerprint density at radius 2 is 1.71 bits per heavy atom. The van der Waals surface area contributed by atoms with E-state index in [1.54, 1.807) is 0 Å². The Kier molecular flexibility index (Phi) is 3.36. The highest BCUT2D eigenvalue weighted by molar-refractivity contribution is 6.31. The fourth-order valence-corrected chi connectivity index (χ4v) is 3.96. The van der Waals surface area contributed by atoms with Crippen molar-refractivity contribution < 1.29 is 0 Å². The van der Waals surface area contributed by atoms with E-state index in [1.165, 1.54) is 48.8 Å². The van der Waals surface area contributed by atoms with Crippen LogP contribution in [0.5, 0.6) is 0 Å². The molecule has 0 aliphatic heterocycles. The zero-order valence-corrected chi connectivity index (χ0v) is 11.5. The summed E-state index contributed by atoms with van der Waals surface area (Å²) in [6.45, 7) is 0. The van der Waals surface area contributed by atoms with Crippen LogP contribution in [0.3, 0.4) is 0 Å². The predicted molar refractivity (Wildman–Crippen MR) is 74.2 cm³/mol. The van der Waals surface area contributed by atoms with Crippen molar-refractivity contribution in [1.82, 2.24) is 0 Å². The number of hydrogen-bond acceptors (Lipinski definition) is 0. The number of halogens is 2. The number of alkyl halides is 1. The number of fused-ring (bicyclic) bond motifs is 1. The van der Waals surface area contributed by atoms with Crippen LogP contribution < -0.4 is 0 Å². The van der Waals surface area contributed by atoms with Gasteiger partial charge in [-0.3, -0.25) is 0 Å². The SMILES string of the molecule is Clc1cc2c(cc1C1CCCCC1)CCC2Cl. The fraction of sp³-hybridized carbons (Fsp3) is 0.600. The van der Waals surface area contributed by atoms with Crippen molar-refractivity contribution in [2.75, 3.05) is 0 Å². The molecule has 0 heterocycles. The normalized spacial score (nSPS) is 24.9. The molecular formula is C15H18Cl2. The lowest BCUT2D eigenvalue weighted by molar-refractivity contribution is 0.443. The Balaban J connectivity index is 1.95. The molecule has 1 fully saturated rings. The predicted octanol–water partition coefficient (Wildman–Crippen LogP) is 5.61. The molecule has 1 unspecified atom stereocenters. The quantitative estimate of drug-likeness (QED) is 0.581. The van der Waals surface area contributed by atoms with Crippen LogP contribution in [0.1, 0.15) is 66.5 Å². The van der Waals surface area contributed by atoms with E-state index < -0.39 is 0 Å². The van der Waals surface area contributed by atoms with Gasteiger partial charge in [0.05, 0.1) is 5.38 Å². The van der Waals surface area contributed by atoms with Gasteiger partial charge in [0.15, 0.2) is 0 Å². The lowest BCUT2D eigenvalue weighted by atomic mass is 9.83. The summed E-state index contributed by atoms with van der Waals surface area (Å²) in [7, 11) is 0. The second-order valence-corrected chi connectivity index (χ2v) is 6.35. The van der Waals surface area contributed by atoms with E-state index in [0.717, 1.165) is 17.9 Å². The molecule has 0 spiro atoms. The second-order valence-electron chi connectivity index (χ2n) is 5.41. The van der Waals surface area contributed by atoms with Crippen LogP contribution in [0.2, 0.25) is 5.02 Å². The van der Waals surface area contributed by atoms with Crippen LogP contribution in [0.4, 0.5) is 0 Å². The molecule has 2 aliphatic carbocycles. The van der Waals surface area contributed by atoms with Gasteiger partial charge in [-0.1, -0.05) is 36.9 Å². The van der Waals surface area contributed by atoms with Gasteiger partial charge >= 0.3 is 0 Å². The van der Waals surface area contributed by atoms with E-state index in [4.69, 9.17) is 23.2 Å². The molecule has 0 nitrogen and oxygen atoms in total. The van der Waals surface area contributed by atoms with Crippen LogP contribution in [0, 0.1) is 0 Å². The first kappa shape index (κ1) is 11.9. The molecule has 2 heteroatoms. The zero-order valence-electron chi connectivity index (χ0n) is 10.0. The average Bonchev–Trinajstić information content (AvgIpc) is 2.71. The number of rotatable bonds is 1. The van der Waals surface area contributed by atoms with E-state index in [0.29, 0.717) is 5.92 Å². The smallest absolute Gasteiger partial charge is 0.0591 e. The van der Waals surface area contributed by atoms with Crippen molar-refractivity contribution in [2.45, 2.75) is 56.2 Å². The lowest BCUT2D eigenvalue weighted by Crippen LogP contribution is -2.06. The molecule has 1 atom stereocenters. The van der Waals surface area contributed by atoms with Crippen molar-refractivity contribution >= 4 is 23.2 Å². The van der Waals surface area contributed by atoms with Gasteiger partial charge < -0.3 is 0 Å². The van der Waals surface area contributed by atoms with Crippen LogP contribution in [-0.4, -0.2) is 0 Å². The minimum atomic E-state index is 0.183. The Bertz CT molecular complexity index is 419. The maximum Gasteiger partial charge on any atom is 0.0591 e. The van der Waals surface area contributed by atoms with Crippen molar-refractivity contribution in [3.05, 3.63) is 33.8 Å². The van der Waals surface area contributed by atoms with Crippen molar-refractivity contribution in [2.24, 2.45) is 0 Å². The highest BCUT2D eigenvalue weighted by Crippen LogP contribution is 2.43. The summed E-state index contributed by atoms with van der Waals surface area (Å²) in [5, 5.41) is 1.13. The van der Waals surface area contributed by atoms with Crippen LogP contribution in [0.15, 0.2) is 12.1 Å². The molecular weight excluding hydrogens is 251 g/mol. The number of benzene rings is 1. The fourth-order valence-electron chi connectivity index (χ4n) is 3.32. The lowest BCUT2D eigenvalue weighted by Gasteiger charge is -2.23. The topological polar surface area (TPSA) is 0 Å². The number of aryl methyl sites for hydroxylation is 1. The molecule has 0 saturated heterocycles. The van der Waals surface area contributed by atoms with Gasteiger partial charge in [0.25, 0.3) is 0 Å². The van der Waals surface area contributed by atoms with Crippen molar-refractivity contribution in [1.29, 1.82) is 0 Å². The molecule has 0 aromatic heterocycles. The summed E-state index contributed by atoms with van der Waals surface area (Å²) >= 11 is 12.7. The van der Waals surface area contributed by atoms with Crippen LogP contribution in [-0.2, 0) is 6.42 Å². The maximum absolute atomic E-state index is 6.45. The Labute approximate surface area is 113 Å². The molecule has 1 saturated carbocycles. The summed E-state index contributed by atoms with van der Waals surface area (Å²) in [5.74, 6) is 0.691. The summed E-state index contributed by atoms with van der Waals surface area (Å²) in [6.07, 6.45) is 8.92. The third kappa shape index (κ3) is 2.22. The monoisotopic (exact) mass is 268 g/mol. The minimum absolute atomic E-state index is 0.183. The third-order valence-electron chi connectivity index (χ3n) is 4.31. The van der Waals surface area contributed by atoms with Gasteiger partial charge in [0.1, 0.15) is 0 Å². The first-order valence-electron chi connectivity index (χ1n) is 6.72. The summed E-state index contributed by atoms with van der Waals surface area (Å²) in [4.78, 5) is 0. The largest absolute Gasteiger partial charge is 0.118 e. The molecule has 17 heavy (non-hydrogen) atoms. The molecule has 0 radical (unpaired) electrons. The molecule has 1 aromatic carbocycles. The van der Waals surface area contributed by atoms with Gasteiger partial charge in [0, 0.05) is 5.02 Å². The second kappa shape index (κ2) is 4.82. The highest BCUT2D eigenvalue weighted by atomic mass is 35.5. The van der Waals surface area contributed by atoms with Crippen LogP contribution in [0.25, 0.3) is 0 Å². The molecule has 0 bridgehead atoms. The third-order valence-corrected chi connectivity index (χ3v) is 5.09. The van der Waals surface area contributed by atoms with Gasteiger partial charge in [-0.15, -0.1) is 11.6 Å². The van der Waals surface area contributed by atoms with Crippen LogP contribution >= 0.6 is 23.2 Å². The summed E-state index contributed by atoms with van der Waals surface area (Å²) < 4.78 is 0. The molecule has 3 rings (SSSR count). The van der Waals surface area contributed by atoms with E-state index >= 15 is 0 Å². The standard InChI is InChI=1S/C15H18Cl2/c16-14-7-6-11-8-12(15(17)9-13(11)14)10-4-2-1-3-5-10/h8-10,14H,1-7H2. The highest BCUT2D eigenvalue weighted by Gasteiger charge is 2.25. The van der Waals surface area contributed by atoms with E-state index in [-0.39, 0.29) is 5.38 Å². The average molecular weight is 269 g/mol. The van der Waals surface area contributed by atoms with E-state index in [9.17, 15) is 0 Å². The van der Waals surface area contributed by atoms with Gasteiger partial charge in [0.2, 0.25) is 0 Å².